The molecule has 0 fully saturated rings. The van der Waals surface area contributed by atoms with E-state index in [1.54, 1.807) is 0 Å². The molecule has 0 atom stereocenters. The van der Waals surface area contributed by atoms with Gasteiger partial charge in [0.15, 0.2) is 0 Å². The summed E-state index contributed by atoms with van der Waals surface area (Å²) in [5.41, 5.74) is 2.98. The summed E-state index contributed by atoms with van der Waals surface area (Å²) in [6.07, 6.45) is 4.89. The summed E-state index contributed by atoms with van der Waals surface area (Å²) < 4.78 is 0. The van der Waals surface area contributed by atoms with Crippen molar-refractivity contribution in [2.75, 3.05) is 13.1 Å². The van der Waals surface area contributed by atoms with Crippen molar-refractivity contribution in [3.63, 3.8) is 0 Å². The highest BCUT2D eigenvalue weighted by molar-refractivity contribution is 5.95. The molecule has 2 rings (SSSR count). The first-order valence-electron chi connectivity index (χ1n) is 6.88. The van der Waals surface area contributed by atoms with E-state index in [1.807, 2.05) is 56.0 Å². The van der Waals surface area contributed by atoms with Crippen LogP contribution in [-0.4, -0.2) is 23.9 Å². The Kier molecular flexibility index (Phi) is 6.07. The first kappa shape index (κ1) is 15.2. The molecular formula is C17H23NO. The lowest BCUT2D eigenvalue weighted by Gasteiger charge is -2.27. The summed E-state index contributed by atoms with van der Waals surface area (Å²) in [6.45, 7) is 11.2. The van der Waals surface area contributed by atoms with Crippen molar-refractivity contribution in [2.24, 2.45) is 0 Å². The highest BCUT2D eigenvalue weighted by atomic mass is 16.2. The van der Waals surface area contributed by atoms with Gasteiger partial charge in [-0.3, -0.25) is 4.79 Å². The second kappa shape index (κ2) is 7.57. The highest BCUT2D eigenvalue weighted by Crippen LogP contribution is 2.16. The van der Waals surface area contributed by atoms with Crippen LogP contribution >= 0.6 is 0 Å². The van der Waals surface area contributed by atoms with Crippen molar-refractivity contribution >= 4 is 5.91 Å². The largest absolute Gasteiger partial charge is 0.334 e. The number of amides is 1. The molecular weight excluding hydrogens is 234 g/mol. The van der Waals surface area contributed by atoms with Gasteiger partial charge in [-0.15, -0.1) is 0 Å². The summed E-state index contributed by atoms with van der Waals surface area (Å²) in [5, 5.41) is 0. The Morgan fingerprint density at radius 1 is 1.32 bits per heavy atom. The zero-order valence-electron chi connectivity index (χ0n) is 12.1. The third kappa shape index (κ3) is 3.82. The standard InChI is InChI=1S/C15H17NO.C2H6/c1-3-13-8-6-10-16(11-13)15(17)14-9-5-4-7-12(14)2;1-2/h3-5,7-9H,1,6,10-11H2,2H3;1-2H3. The summed E-state index contributed by atoms with van der Waals surface area (Å²) in [6, 6.07) is 7.73. The second-order valence-corrected chi connectivity index (χ2v) is 4.31. The zero-order valence-corrected chi connectivity index (χ0v) is 12.1. The van der Waals surface area contributed by atoms with Crippen LogP contribution in [0.1, 0.15) is 36.2 Å². The molecule has 1 aliphatic heterocycles. The molecule has 102 valence electrons. The van der Waals surface area contributed by atoms with E-state index in [9.17, 15) is 4.79 Å². The van der Waals surface area contributed by atoms with E-state index < -0.39 is 0 Å². The third-order valence-electron chi connectivity index (χ3n) is 3.10. The first-order valence-corrected chi connectivity index (χ1v) is 6.88. The lowest BCUT2D eigenvalue weighted by molar-refractivity contribution is 0.0767. The molecule has 2 nitrogen and oxygen atoms in total. The number of carbonyl (C=O) groups is 1. The Labute approximate surface area is 116 Å². The molecule has 0 saturated heterocycles. The Hall–Kier alpha value is -1.83. The number of rotatable bonds is 2. The first-order chi connectivity index (χ1) is 9.22. The number of hydrogen-bond donors (Lipinski definition) is 0. The lowest BCUT2D eigenvalue weighted by atomic mass is 10.0. The maximum Gasteiger partial charge on any atom is 0.254 e. The van der Waals surface area contributed by atoms with E-state index in [2.05, 4.69) is 12.7 Å². The Bertz CT molecular complexity index is 474. The van der Waals surface area contributed by atoms with Crippen molar-refractivity contribution in [1.82, 2.24) is 4.90 Å². The van der Waals surface area contributed by atoms with Crippen LogP contribution in [0.3, 0.4) is 0 Å². The SMILES string of the molecule is C=CC1=CCCN(C(=O)c2ccccc2C)C1.CC. The number of hydrogen-bond acceptors (Lipinski definition) is 1. The fourth-order valence-corrected chi connectivity index (χ4v) is 2.07. The van der Waals surface area contributed by atoms with Gasteiger partial charge < -0.3 is 4.90 Å². The predicted octanol–water partition coefficient (Wildman–Crippen LogP) is 3.98. The minimum absolute atomic E-state index is 0.121. The smallest absolute Gasteiger partial charge is 0.254 e. The Morgan fingerprint density at radius 3 is 2.63 bits per heavy atom. The van der Waals surface area contributed by atoms with Gasteiger partial charge in [-0.05, 0) is 30.5 Å². The molecule has 1 aromatic rings. The van der Waals surface area contributed by atoms with E-state index in [-0.39, 0.29) is 5.91 Å². The van der Waals surface area contributed by atoms with Gasteiger partial charge in [0.25, 0.3) is 5.91 Å². The third-order valence-corrected chi connectivity index (χ3v) is 3.10. The number of benzene rings is 1. The predicted molar refractivity (Wildman–Crippen MR) is 81.3 cm³/mol. The minimum Gasteiger partial charge on any atom is -0.334 e. The van der Waals surface area contributed by atoms with Crippen molar-refractivity contribution in [3.8, 4) is 0 Å². The fraction of sp³-hybridized carbons (Fsp3) is 0.353. The number of aryl methyl sites for hydroxylation is 1. The molecule has 0 radical (unpaired) electrons. The van der Waals surface area contributed by atoms with Gasteiger partial charge in [0, 0.05) is 18.7 Å². The molecule has 0 spiro atoms. The summed E-state index contributed by atoms with van der Waals surface area (Å²) in [7, 11) is 0. The molecule has 0 unspecified atom stereocenters. The van der Waals surface area contributed by atoms with E-state index >= 15 is 0 Å². The van der Waals surface area contributed by atoms with Gasteiger partial charge in [0.2, 0.25) is 0 Å². The Morgan fingerprint density at radius 2 is 2.00 bits per heavy atom. The molecule has 2 heteroatoms. The lowest BCUT2D eigenvalue weighted by Crippen LogP contribution is -2.35. The minimum atomic E-state index is 0.121. The average molecular weight is 257 g/mol. The summed E-state index contributed by atoms with van der Waals surface area (Å²) in [4.78, 5) is 14.2. The van der Waals surface area contributed by atoms with E-state index in [0.29, 0.717) is 6.54 Å². The summed E-state index contributed by atoms with van der Waals surface area (Å²) >= 11 is 0. The molecule has 0 aromatic heterocycles. The molecule has 1 aliphatic rings. The molecule has 1 amide bonds. The molecule has 0 bridgehead atoms. The van der Waals surface area contributed by atoms with Gasteiger partial charge in [0.1, 0.15) is 0 Å². The van der Waals surface area contributed by atoms with Crippen LogP contribution in [0.2, 0.25) is 0 Å². The van der Waals surface area contributed by atoms with E-state index in [1.165, 1.54) is 0 Å². The van der Waals surface area contributed by atoms with Crippen LogP contribution in [0, 0.1) is 6.92 Å². The maximum atomic E-state index is 12.3. The van der Waals surface area contributed by atoms with Crippen LogP contribution in [0.5, 0.6) is 0 Å². The van der Waals surface area contributed by atoms with Crippen LogP contribution in [0.25, 0.3) is 0 Å². The second-order valence-electron chi connectivity index (χ2n) is 4.31. The van der Waals surface area contributed by atoms with Gasteiger partial charge in [-0.1, -0.05) is 50.8 Å². The van der Waals surface area contributed by atoms with Crippen molar-refractivity contribution in [1.29, 1.82) is 0 Å². The molecule has 1 heterocycles. The highest BCUT2D eigenvalue weighted by Gasteiger charge is 2.19. The number of nitrogens with zero attached hydrogens (tertiary/aromatic N) is 1. The van der Waals surface area contributed by atoms with Crippen LogP contribution in [-0.2, 0) is 0 Å². The van der Waals surface area contributed by atoms with E-state index in [4.69, 9.17) is 0 Å². The monoisotopic (exact) mass is 257 g/mol. The molecule has 0 saturated carbocycles. The van der Waals surface area contributed by atoms with Gasteiger partial charge in [0.05, 0.1) is 0 Å². The van der Waals surface area contributed by atoms with Crippen LogP contribution in [0.15, 0.2) is 48.6 Å². The van der Waals surface area contributed by atoms with Crippen LogP contribution in [0.4, 0.5) is 0 Å². The van der Waals surface area contributed by atoms with Gasteiger partial charge >= 0.3 is 0 Å². The molecule has 0 aliphatic carbocycles. The van der Waals surface area contributed by atoms with Crippen molar-refractivity contribution < 1.29 is 4.79 Å². The van der Waals surface area contributed by atoms with Gasteiger partial charge in [-0.2, -0.15) is 0 Å². The number of carbonyl (C=O) groups excluding carboxylic acids is 1. The zero-order chi connectivity index (χ0) is 14.3. The Balaban J connectivity index is 0.000000861. The average Bonchev–Trinajstić information content (AvgIpc) is 2.49. The topological polar surface area (TPSA) is 20.3 Å². The van der Waals surface area contributed by atoms with Gasteiger partial charge in [-0.25, -0.2) is 0 Å². The van der Waals surface area contributed by atoms with Crippen molar-refractivity contribution in [3.05, 3.63) is 59.7 Å². The fourth-order valence-electron chi connectivity index (χ4n) is 2.07. The quantitative estimate of drug-likeness (QED) is 0.784. The van der Waals surface area contributed by atoms with E-state index in [0.717, 1.165) is 29.7 Å². The molecule has 0 N–H and O–H groups in total. The van der Waals surface area contributed by atoms with Crippen LogP contribution < -0.4 is 0 Å². The van der Waals surface area contributed by atoms with Crippen molar-refractivity contribution in [2.45, 2.75) is 27.2 Å². The normalized spacial score (nSPS) is 14.1. The maximum absolute atomic E-state index is 12.3. The molecule has 19 heavy (non-hydrogen) atoms. The summed E-state index contributed by atoms with van der Waals surface area (Å²) in [5.74, 6) is 0.121. The molecule has 1 aromatic carbocycles.